The largest absolute Gasteiger partial charge is 0.507 e. The molecule has 4 aromatic rings. The topological polar surface area (TPSA) is 40.5 Å². The molecule has 0 bridgehead atoms. The molecule has 4 aromatic carbocycles. The van der Waals surface area contributed by atoms with Crippen LogP contribution in [-0.2, 0) is 32.1 Å². The number of hydrogen-bond donors (Lipinski definition) is 2. The molecule has 0 unspecified atom stereocenters. The molecule has 2 nitrogen and oxygen atoms in total. The predicted molar refractivity (Wildman–Crippen MR) is 132 cm³/mol. The van der Waals surface area contributed by atoms with Gasteiger partial charge in [-0.05, 0) is 76.3 Å². The minimum absolute atomic E-state index is 0.405. The lowest BCUT2D eigenvalue weighted by atomic mass is 9.89. The highest BCUT2D eigenvalue weighted by Gasteiger charge is 2.16. The summed E-state index contributed by atoms with van der Waals surface area (Å²) in [5.41, 5.74) is 6.98. The van der Waals surface area contributed by atoms with Gasteiger partial charge in [0.2, 0.25) is 0 Å². The molecule has 0 atom stereocenters. The van der Waals surface area contributed by atoms with Gasteiger partial charge in [0.05, 0.1) is 0 Å². The quantitative estimate of drug-likeness (QED) is 0.350. The van der Waals surface area contributed by atoms with Crippen LogP contribution in [0.2, 0.25) is 0 Å². The highest BCUT2D eigenvalue weighted by molar-refractivity contribution is 5.95. The van der Waals surface area contributed by atoms with E-state index in [9.17, 15) is 10.2 Å². The first-order valence-corrected chi connectivity index (χ1v) is 11.5. The summed E-state index contributed by atoms with van der Waals surface area (Å²) in [5.74, 6) is 0.809. The van der Waals surface area contributed by atoms with Crippen LogP contribution in [-0.4, -0.2) is 10.2 Å². The van der Waals surface area contributed by atoms with Gasteiger partial charge in [-0.2, -0.15) is 0 Å². The van der Waals surface area contributed by atoms with Crippen LogP contribution in [0.3, 0.4) is 0 Å². The Morgan fingerprint density at radius 2 is 0.903 bits per heavy atom. The summed E-state index contributed by atoms with van der Waals surface area (Å²) in [4.78, 5) is 0. The average molecular weight is 413 g/mol. The Labute approximate surface area is 185 Å². The normalized spacial score (nSPS) is 11.5. The predicted octanol–water partition coefficient (Wildman–Crippen LogP) is 7.24. The van der Waals surface area contributed by atoms with Gasteiger partial charge in [0, 0.05) is 10.8 Å². The minimum Gasteiger partial charge on any atom is -0.507 e. The first-order chi connectivity index (χ1) is 15.0. The van der Waals surface area contributed by atoms with E-state index in [0.717, 1.165) is 64.8 Å². The van der Waals surface area contributed by atoms with Crippen LogP contribution in [0.25, 0.3) is 21.5 Å². The van der Waals surface area contributed by atoms with Crippen molar-refractivity contribution in [2.75, 3.05) is 0 Å². The van der Waals surface area contributed by atoms with Gasteiger partial charge in [-0.15, -0.1) is 0 Å². The number of hydrogen-bond acceptors (Lipinski definition) is 2. The molecule has 0 aliphatic carbocycles. The summed E-state index contributed by atoms with van der Waals surface area (Å²) in [5, 5.41) is 25.8. The van der Waals surface area contributed by atoms with E-state index in [4.69, 9.17) is 0 Å². The van der Waals surface area contributed by atoms with Gasteiger partial charge in [-0.3, -0.25) is 0 Å². The number of phenols is 2. The number of aryl methyl sites for hydroxylation is 4. The smallest absolute Gasteiger partial charge is 0.126 e. The average Bonchev–Trinajstić information content (AvgIpc) is 2.81. The summed E-state index contributed by atoms with van der Waals surface area (Å²) in [6.07, 6.45) is 4.29. The molecule has 0 radical (unpaired) electrons. The van der Waals surface area contributed by atoms with Gasteiger partial charge < -0.3 is 10.2 Å². The lowest BCUT2D eigenvalue weighted by Crippen LogP contribution is -1.98. The lowest BCUT2D eigenvalue weighted by Gasteiger charge is -2.17. The zero-order chi connectivity index (χ0) is 22.1. The van der Waals surface area contributed by atoms with Crippen LogP contribution < -0.4 is 0 Å². The minimum atomic E-state index is 0.405. The lowest BCUT2D eigenvalue weighted by molar-refractivity contribution is 0.475. The maximum atomic E-state index is 10.8. The number of fused-ring (bicyclic) bond motifs is 2. The Morgan fingerprint density at radius 1 is 0.484 bits per heavy atom. The van der Waals surface area contributed by atoms with Crippen molar-refractivity contribution in [3.05, 3.63) is 81.9 Å². The molecule has 160 valence electrons. The second kappa shape index (κ2) is 8.63. The van der Waals surface area contributed by atoms with E-state index in [-0.39, 0.29) is 0 Å². The van der Waals surface area contributed by atoms with E-state index in [1.165, 1.54) is 22.3 Å². The molecule has 2 N–H and O–H groups in total. The van der Waals surface area contributed by atoms with E-state index in [0.29, 0.717) is 11.5 Å². The van der Waals surface area contributed by atoms with Gasteiger partial charge in [0.25, 0.3) is 0 Å². The van der Waals surface area contributed by atoms with Crippen molar-refractivity contribution in [2.45, 2.75) is 59.8 Å². The molecule has 0 saturated carbocycles. The van der Waals surface area contributed by atoms with Crippen LogP contribution in [0.5, 0.6) is 11.5 Å². The first-order valence-electron chi connectivity index (χ1n) is 11.5. The second-order valence-electron chi connectivity index (χ2n) is 8.44. The standard InChI is InChI=1S/C29H32O2/c1-5-18-9-11-24-26(13-18)22(15-20(7-3)28(24)30)17-23-16-21(8-4)29(31)25-12-10-19(6-2)14-27(23)25/h9-16,30-31H,5-8,17H2,1-4H3. The van der Waals surface area contributed by atoms with E-state index < -0.39 is 0 Å². The van der Waals surface area contributed by atoms with Crippen LogP contribution in [0.1, 0.15) is 61.1 Å². The highest BCUT2D eigenvalue weighted by Crippen LogP contribution is 2.37. The summed E-state index contributed by atoms with van der Waals surface area (Å²) < 4.78 is 0. The van der Waals surface area contributed by atoms with Crippen LogP contribution >= 0.6 is 0 Å². The number of benzene rings is 4. The maximum Gasteiger partial charge on any atom is 0.126 e. The van der Waals surface area contributed by atoms with Gasteiger partial charge in [-0.25, -0.2) is 0 Å². The van der Waals surface area contributed by atoms with Gasteiger partial charge in [-0.1, -0.05) is 76.2 Å². The third kappa shape index (κ3) is 3.76. The van der Waals surface area contributed by atoms with Crippen molar-refractivity contribution in [3.63, 3.8) is 0 Å². The molecule has 0 aromatic heterocycles. The third-order valence-corrected chi connectivity index (χ3v) is 6.63. The van der Waals surface area contributed by atoms with Crippen molar-refractivity contribution < 1.29 is 10.2 Å². The van der Waals surface area contributed by atoms with Gasteiger partial charge >= 0.3 is 0 Å². The Morgan fingerprint density at radius 3 is 1.26 bits per heavy atom. The Balaban J connectivity index is 1.98. The third-order valence-electron chi connectivity index (χ3n) is 6.63. The Bertz CT molecular complexity index is 1170. The zero-order valence-corrected chi connectivity index (χ0v) is 19.0. The number of phenolic OH excluding ortho intramolecular Hbond substituents is 2. The van der Waals surface area contributed by atoms with Crippen molar-refractivity contribution in [3.8, 4) is 11.5 Å². The fourth-order valence-electron chi connectivity index (χ4n) is 4.66. The molecule has 0 fully saturated rings. The van der Waals surface area contributed by atoms with Crippen LogP contribution in [0.4, 0.5) is 0 Å². The molecule has 0 amide bonds. The van der Waals surface area contributed by atoms with E-state index >= 15 is 0 Å². The zero-order valence-electron chi connectivity index (χ0n) is 19.0. The summed E-state index contributed by atoms with van der Waals surface area (Å²) in [6, 6.07) is 17.2. The van der Waals surface area contributed by atoms with Gasteiger partial charge in [0.15, 0.2) is 0 Å². The number of aromatic hydroxyl groups is 2. The monoisotopic (exact) mass is 412 g/mol. The first kappa shape index (κ1) is 21.2. The molecule has 0 aliphatic rings. The molecule has 4 rings (SSSR count). The van der Waals surface area contributed by atoms with Crippen molar-refractivity contribution in [2.24, 2.45) is 0 Å². The van der Waals surface area contributed by atoms with Gasteiger partial charge in [0.1, 0.15) is 11.5 Å². The SMILES string of the molecule is CCc1ccc2c(O)c(CC)cc(Cc3cc(CC)c(O)c4ccc(CC)cc34)c2c1. The molecule has 0 spiro atoms. The van der Waals surface area contributed by atoms with Crippen LogP contribution in [0.15, 0.2) is 48.5 Å². The Kier molecular flexibility index (Phi) is 5.91. The molecular formula is C29H32O2. The summed E-state index contributed by atoms with van der Waals surface area (Å²) >= 11 is 0. The highest BCUT2D eigenvalue weighted by atomic mass is 16.3. The van der Waals surface area contributed by atoms with Crippen molar-refractivity contribution in [1.82, 2.24) is 0 Å². The fraction of sp³-hybridized carbons (Fsp3) is 0.310. The molecule has 31 heavy (non-hydrogen) atoms. The molecule has 2 heteroatoms. The van der Waals surface area contributed by atoms with Crippen LogP contribution in [0, 0.1) is 0 Å². The fourth-order valence-corrected chi connectivity index (χ4v) is 4.66. The second-order valence-corrected chi connectivity index (χ2v) is 8.44. The summed E-state index contributed by atoms with van der Waals surface area (Å²) in [7, 11) is 0. The molecule has 0 heterocycles. The summed E-state index contributed by atoms with van der Waals surface area (Å²) in [6.45, 7) is 8.50. The van der Waals surface area contributed by atoms with E-state index in [2.05, 4.69) is 76.2 Å². The van der Waals surface area contributed by atoms with E-state index in [1.54, 1.807) is 0 Å². The van der Waals surface area contributed by atoms with E-state index in [1.807, 2.05) is 0 Å². The molecule has 0 aliphatic heterocycles. The molecular weight excluding hydrogens is 380 g/mol. The van der Waals surface area contributed by atoms with Crippen molar-refractivity contribution in [1.29, 1.82) is 0 Å². The molecule has 0 saturated heterocycles. The maximum absolute atomic E-state index is 10.8. The van der Waals surface area contributed by atoms with Crippen molar-refractivity contribution >= 4 is 21.5 Å². The Hall–Kier alpha value is -3.00. The number of rotatable bonds is 6.